The number of carbonyl (C=O) groups is 1. The second kappa shape index (κ2) is 11.1. The molecular weight excluding hydrogens is 242 g/mol. The molecule has 2 N–H and O–H groups in total. The van der Waals surface area contributed by atoms with Gasteiger partial charge >= 0.3 is 6.03 Å². The first-order chi connectivity index (χ1) is 9.04. The third-order valence-electron chi connectivity index (χ3n) is 3.16. The molecule has 0 saturated carbocycles. The number of nitrogens with one attached hydrogen (secondary N) is 2. The lowest BCUT2D eigenvalue weighted by Crippen LogP contribution is -2.47. The van der Waals surface area contributed by atoms with Crippen molar-refractivity contribution in [3.05, 3.63) is 0 Å². The molecule has 0 aromatic heterocycles. The van der Waals surface area contributed by atoms with Crippen molar-refractivity contribution in [1.29, 1.82) is 0 Å². The van der Waals surface area contributed by atoms with Crippen molar-refractivity contribution in [3.8, 4) is 0 Å². The zero-order chi connectivity index (χ0) is 14.7. The van der Waals surface area contributed by atoms with Crippen LogP contribution in [0.2, 0.25) is 0 Å². The Morgan fingerprint density at radius 2 is 1.84 bits per heavy atom. The van der Waals surface area contributed by atoms with Crippen molar-refractivity contribution in [2.75, 3.05) is 39.9 Å². The maximum atomic E-state index is 11.6. The molecule has 0 radical (unpaired) electrons. The smallest absolute Gasteiger partial charge is 0.314 e. The topological polar surface area (TPSA) is 53.6 Å². The fraction of sp³-hybridized carbons (Fsp3) is 0.929. The van der Waals surface area contributed by atoms with Crippen LogP contribution < -0.4 is 10.6 Å². The van der Waals surface area contributed by atoms with Crippen molar-refractivity contribution in [2.45, 2.75) is 40.2 Å². The van der Waals surface area contributed by atoms with E-state index < -0.39 is 0 Å². The molecule has 0 fully saturated rings. The molecule has 0 heterocycles. The summed E-state index contributed by atoms with van der Waals surface area (Å²) in [6, 6.07) is 0.293. The van der Waals surface area contributed by atoms with Crippen molar-refractivity contribution in [2.24, 2.45) is 5.92 Å². The van der Waals surface area contributed by atoms with Crippen LogP contribution in [0, 0.1) is 5.92 Å². The zero-order valence-corrected chi connectivity index (χ0v) is 13.2. The summed E-state index contributed by atoms with van der Waals surface area (Å²) in [7, 11) is 1.62. The Kier molecular flexibility index (Phi) is 10.6. The Morgan fingerprint density at radius 3 is 2.32 bits per heavy atom. The number of methoxy groups -OCH3 is 1. The van der Waals surface area contributed by atoms with Gasteiger partial charge in [0.1, 0.15) is 0 Å². The molecule has 0 aliphatic carbocycles. The molecule has 0 aliphatic heterocycles. The first kappa shape index (κ1) is 18.2. The minimum Gasteiger partial charge on any atom is -0.383 e. The van der Waals surface area contributed by atoms with Crippen LogP contribution in [0.15, 0.2) is 0 Å². The highest BCUT2D eigenvalue weighted by atomic mass is 16.5. The Hall–Kier alpha value is -0.810. The molecule has 0 aromatic carbocycles. The summed E-state index contributed by atoms with van der Waals surface area (Å²) in [6.07, 6.45) is 1.10. The molecule has 0 bridgehead atoms. The number of ether oxygens (including phenoxy) is 1. The van der Waals surface area contributed by atoms with Crippen molar-refractivity contribution in [3.63, 3.8) is 0 Å². The molecule has 0 rings (SSSR count). The Morgan fingerprint density at radius 1 is 1.21 bits per heavy atom. The quantitative estimate of drug-likeness (QED) is 0.596. The van der Waals surface area contributed by atoms with Crippen molar-refractivity contribution < 1.29 is 9.53 Å². The third-order valence-corrected chi connectivity index (χ3v) is 3.16. The van der Waals surface area contributed by atoms with E-state index in [0.29, 0.717) is 31.7 Å². The van der Waals surface area contributed by atoms with Gasteiger partial charge in [0.15, 0.2) is 0 Å². The van der Waals surface area contributed by atoms with Gasteiger partial charge in [-0.1, -0.05) is 27.7 Å². The fourth-order valence-electron chi connectivity index (χ4n) is 2.19. The number of hydrogen-bond acceptors (Lipinski definition) is 3. The molecular formula is C14H31N3O2. The number of nitrogens with zero attached hydrogens (tertiary/aromatic N) is 1. The van der Waals surface area contributed by atoms with Gasteiger partial charge in [-0.15, -0.1) is 0 Å². The van der Waals surface area contributed by atoms with E-state index in [4.69, 9.17) is 4.74 Å². The van der Waals surface area contributed by atoms with Crippen LogP contribution in [0.4, 0.5) is 4.79 Å². The monoisotopic (exact) mass is 273 g/mol. The maximum Gasteiger partial charge on any atom is 0.314 e. The van der Waals surface area contributed by atoms with E-state index in [1.165, 1.54) is 0 Å². The number of hydrogen-bond donors (Lipinski definition) is 2. The summed E-state index contributed by atoms with van der Waals surface area (Å²) in [5.41, 5.74) is 0. The van der Waals surface area contributed by atoms with Gasteiger partial charge in [-0.2, -0.15) is 0 Å². The molecule has 114 valence electrons. The lowest BCUT2D eigenvalue weighted by molar-refractivity contribution is 0.180. The second-order valence-electron chi connectivity index (χ2n) is 5.13. The van der Waals surface area contributed by atoms with E-state index in [1.54, 1.807) is 7.11 Å². The molecule has 0 aliphatic rings. The van der Waals surface area contributed by atoms with E-state index >= 15 is 0 Å². The lowest BCUT2D eigenvalue weighted by Gasteiger charge is -2.31. The van der Waals surface area contributed by atoms with Gasteiger partial charge in [-0.3, -0.25) is 4.90 Å². The van der Waals surface area contributed by atoms with E-state index in [1.807, 2.05) is 0 Å². The highest BCUT2D eigenvalue weighted by Gasteiger charge is 2.17. The summed E-state index contributed by atoms with van der Waals surface area (Å²) in [4.78, 5) is 14.0. The predicted octanol–water partition coefficient (Wildman–Crippen LogP) is 1.69. The van der Waals surface area contributed by atoms with Gasteiger partial charge in [-0.05, 0) is 25.4 Å². The van der Waals surface area contributed by atoms with Crippen LogP contribution >= 0.6 is 0 Å². The van der Waals surface area contributed by atoms with Crippen LogP contribution in [0.3, 0.4) is 0 Å². The third kappa shape index (κ3) is 8.83. The first-order valence-electron chi connectivity index (χ1n) is 7.29. The summed E-state index contributed by atoms with van der Waals surface area (Å²) in [5, 5.41) is 5.72. The Balaban J connectivity index is 4.13. The molecule has 1 unspecified atom stereocenters. The molecule has 0 aromatic rings. The molecule has 19 heavy (non-hydrogen) atoms. The SMILES string of the molecule is CCN(CC)C(CNC(=O)NCCOC)CC(C)C. The van der Waals surface area contributed by atoms with Gasteiger partial charge in [-0.25, -0.2) is 4.79 Å². The van der Waals surface area contributed by atoms with Gasteiger partial charge in [0.2, 0.25) is 0 Å². The van der Waals surface area contributed by atoms with Crippen LogP contribution in [0.25, 0.3) is 0 Å². The van der Waals surface area contributed by atoms with E-state index in [-0.39, 0.29) is 6.03 Å². The van der Waals surface area contributed by atoms with Crippen molar-refractivity contribution in [1.82, 2.24) is 15.5 Å². The number of likely N-dealkylation sites (N-methyl/N-ethyl adjacent to an activating group) is 1. The standard InChI is InChI=1S/C14H31N3O2/c1-6-17(7-2)13(10-12(3)4)11-16-14(18)15-8-9-19-5/h12-13H,6-11H2,1-5H3,(H2,15,16,18). The summed E-state index contributed by atoms with van der Waals surface area (Å²) >= 11 is 0. The molecule has 5 heteroatoms. The van der Waals surface area contributed by atoms with Crippen molar-refractivity contribution >= 4 is 6.03 Å². The normalized spacial score (nSPS) is 12.8. The van der Waals surface area contributed by atoms with Crippen LogP contribution in [0.5, 0.6) is 0 Å². The molecule has 5 nitrogen and oxygen atoms in total. The predicted molar refractivity (Wildman–Crippen MR) is 79.4 cm³/mol. The highest BCUT2D eigenvalue weighted by Crippen LogP contribution is 2.10. The molecule has 2 amide bonds. The average Bonchev–Trinajstić information content (AvgIpc) is 2.37. The lowest BCUT2D eigenvalue weighted by atomic mass is 10.0. The number of carbonyl (C=O) groups excluding carboxylic acids is 1. The summed E-state index contributed by atoms with van der Waals surface area (Å²) < 4.78 is 4.89. The van der Waals surface area contributed by atoms with E-state index in [0.717, 1.165) is 19.5 Å². The fourth-order valence-corrected chi connectivity index (χ4v) is 2.19. The van der Waals surface area contributed by atoms with Gasteiger partial charge in [0, 0.05) is 26.2 Å². The highest BCUT2D eigenvalue weighted by molar-refractivity contribution is 5.73. The second-order valence-corrected chi connectivity index (χ2v) is 5.13. The van der Waals surface area contributed by atoms with Gasteiger partial charge in [0.25, 0.3) is 0 Å². The largest absolute Gasteiger partial charge is 0.383 e. The van der Waals surface area contributed by atoms with Crippen LogP contribution in [-0.2, 0) is 4.74 Å². The number of amides is 2. The Labute approximate surface area is 118 Å². The summed E-state index contributed by atoms with van der Waals surface area (Å²) in [6.45, 7) is 12.6. The minimum atomic E-state index is -0.113. The Bertz CT molecular complexity index is 231. The van der Waals surface area contributed by atoms with E-state index in [9.17, 15) is 4.79 Å². The zero-order valence-electron chi connectivity index (χ0n) is 13.2. The van der Waals surface area contributed by atoms with Crippen LogP contribution in [0.1, 0.15) is 34.1 Å². The average molecular weight is 273 g/mol. The molecule has 0 spiro atoms. The minimum absolute atomic E-state index is 0.113. The van der Waals surface area contributed by atoms with Gasteiger partial charge in [0.05, 0.1) is 6.61 Å². The van der Waals surface area contributed by atoms with Crippen LogP contribution in [-0.4, -0.2) is 56.9 Å². The number of rotatable bonds is 10. The van der Waals surface area contributed by atoms with E-state index in [2.05, 4.69) is 43.2 Å². The summed E-state index contributed by atoms with van der Waals surface area (Å²) in [5.74, 6) is 0.629. The van der Waals surface area contributed by atoms with Gasteiger partial charge < -0.3 is 15.4 Å². The molecule has 1 atom stereocenters. The number of urea groups is 1. The maximum absolute atomic E-state index is 11.6. The first-order valence-corrected chi connectivity index (χ1v) is 7.29. The molecule has 0 saturated heterocycles.